The van der Waals surface area contributed by atoms with E-state index in [9.17, 15) is 19.2 Å². The van der Waals surface area contributed by atoms with Crippen molar-refractivity contribution in [3.8, 4) is 0 Å². The van der Waals surface area contributed by atoms with Crippen LogP contribution >= 0.6 is 27.5 Å². The van der Waals surface area contributed by atoms with Gasteiger partial charge in [0.25, 0.3) is 0 Å². The van der Waals surface area contributed by atoms with Crippen molar-refractivity contribution in [1.82, 2.24) is 0 Å². The second-order valence-electron chi connectivity index (χ2n) is 14.3. The molecule has 0 unspecified atom stereocenters. The standard InChI is InChI=1S/C15H24O3.C10H15BrO.C10H15ClO/c1-5-6-8-13(17)18-11-12(16)15(4)10-7-9-14(15,2)3;2*1-9(2)5-4-6-10(9,3)8(12)7-11/h7,9H,5-6,8,10-11H2,1-4H3;2*4-5H,6-7H2,1-3H3/t15-;2*10-/m111/s1. The number of esters is 1. The molecule has 0 saturated heterocycles. The Labute approximate surface area is 268 Å². The molecule has 0 aromatic heterocycles. The van der Waals surface area contributed by atoms with Crippen LogP contribution in [0.25, 0.3) is 0 Å². The van der Waals surface area contributed by atoms with Gasteiger partial charge in [-0.3, -0.25) is 19.2 Å². The summed E-state index contributed by atoms with van der Waals surface area (Å²) in [5.41, 5.74) is -1.12. The zero-order chi connectivity index (χ0) is 32.6. The van der Waals surface area contributed by atoms with Crippen LogP contribution in [-0.2, 0) is 23.9 Å². The molecule has 3 rings (SSSR count). The molecule has 0 aromatic rings. The molecular weight excluding hydrogens is 616 g/mol. The van der Waals surface area contributed by atoms with Gasteiger partial charge in [-0.05, 0) is 41.9 Å². The van der Waals surface area contributed by atoms with E-state index in [2.05, 4.69) is 80.9 Å². The summed E-state index contributed by atoms with van der Waals surface area (Å²) in [7, 11) is 0. The van der Waals surface area contributed by atoms with E-state index >= 15 is 0 Å². The fourth-order valence-corrected chi connectivity index (χ4v) is 6.44. The fourth-order valence-electron chi connectivity index (χ4n) is 5.52. The number of carbonyl (C=O) groups is 4. The zero-order valence-electron chi connectivity index (χ0n) is 27.6. The Morgan fingerprint density at radius 2 is 1.07 bits per heavy atom. The van der Waals surface area contributed by atoms with Crippen LogP contribution < -0.4 is 0 Å². The molecule has 3 aliphatic carbocycles. The number of rotatable bonds is 10. The van der Waals surface area contributed by atoms with Crippen molar-refractivity contribution in [2.24, 2.45) is 32.5 Å². The molecule has 5 nitrogen and oxygen atoms in total. The normalized spacial score (nSPS) is 29.2. The first-order chi connectivity index (χ1) is 19.2. The Kier molecular flexibility index (Phi) is 13.7. The third kappa shape index (κ3) is 8.34. The molecule has 42 heavy (non-hydrogen) atoms. The first-order valence-corrected chi connectivity index (χ1v) is 16.8. The zero-order valence-corrected chi connectivity index (χ0v) is 30.0. The summed E-state index contributed by atoms with van der Waals surface area (Å²) in [5.74, 6) is 0.332. The summed E-state index contributed by atoms with van der Waals surface area (Å²) in [6, 6.07) is 0. The molecule has 0 bridgehead atoms. The Morgan fingerprint density at radius 3 is 1.38 bits per heavy atom. The molecule has 0 aliphatic heterocycles. The summed E-state index contributed by atoms with van der Waals surface area (Å²) >= 11 is 8.81. The van der Waals surface area contributed by atoms with Gasteiger partial charge in [0.1, 0.15) is 5.78 Å². The number of halogens is 2. The van der Waals surface area contributed by atoms with Crippen LogP contribution in [-0.4, -0.2) is 41.1 Å². The smallest absolute Gasteiger partial charge is 0.306 e. The molecule has 7 heteroatoms. The van der Waals surface area contributed by atoms with E-state index in [0.29, 0.717) is 17.5 Å². The van der Waals surface area contributed by atoms with Crippen LogP contribution in [0.15, 0.2) is 36.5 Å². The molecule has 0 spiro atoms. The van der Waals surface area contributed by atoms with Crippen LogP contribution in [0.2, 0.25) is 0 Å². The Balaban J connectivity index is 0.000000325. The van der Waals surface area contributed by atoms with Crippen molar-refractivity contribution in [2.75, 3.05) is 17.8 Å². The Morgan fingerprint density at radius 1 is 0.690 bits per heavy atom. The van der Waals surface area contributed by atoms with Crippen molar-refractivity contribution in [2.45, 2.75) is 108 Å². The number of allylic oxidation sites excluding steroid dienone is 6. The van der Waals surface area contributed by atoms with Crippen molar-refractivity contribution < 1.29 is 23.9 Å². The molecule has 0 saturated carbocycles. The summed E-state index contributed by atoms with van der Waals surface area (Å²) < 4.78 is 5.06. The molecule has 3 atom stereocenters. The average Bonchev–Trinajstić information content (AvgIpc) is 3.49. The number of ketones is 3. The lowest BCUT2D eigenvalue weighted by Gasteiger charge is -2.36. The second-order valence-corrected chi connectivity index (χ2v) is 15.1. The molecule has 0 amide bonds. The fraction of sp³-hybridized carbons (Fsp3) is 0.714. The number of unbranched alkanes of at least 4 members (excludes halogenated alkanes) is 1. The summed E-state index contributed by atoms with van der Waals surface area (Å²) in [5, 5.41) is 0.467. The van der Waals surface area contributed by atoms with Crippen LogP contribution in [0.4, 0.5) is 0 Å². The van der Waals surface area contributed by atoms with Gasteiger partial charge in [-0.15, -0.1) is 11.6 Å². The molecule has 238 valence electrons. The molecule has 0 N–H and O–H groups in total. The largest absolute Gasteiger partial charge is 0.458 e. The minimum atomic E-state index is -0.446. The van der Waals surface area contributed by atoms with E-state index in [1.165, 1.54) is 0 Å². The average molecular weight is 670 g/mol. The van der Waals surface area contributed by atoms with Crippen LogP contribution in [0.3, 0.4) is 0 Å². The lowest BCUT2D eigenvalue weighted by Crippen LogP contribution is -2.40. The number of Topliss-reactive ketones (excluding diaryl/α,β-unsaturated/α-hetero) is 3. The minimum absolute atomic E-state index is 0.0118. The maximum absolute atomic E-state index is 12.2. The van der Waals surface area contributed by atoms with E-state index in [4.69, 9.17) is 16.3 Å². The van der Waals surface area contributed by atoms with E-state index < -0.39 is 5.41 Å². The number of ether oxygens (including phenoxy) is 1. The van der Waals surface area contributed by atoms with Crippen LogP contribution in [0.1, 0.15) is 108 Å². The predicted octanol–water partition coefficient (Wildman–Crippen LogP) is 9.01. The van der Waals surface area contributed by atoms with Crippen molar-refractivity contribution in [3.63, 3.8) is 0 Å². The number of hydrogen-bond donors (Lipinski definition) is 0. The number of hydrogen-bond acceptors (Lipinski definition) is 5. The molecule has 0 radical (unpaired) electrons. The third-order valence-corrected chi connectivity index (χ3v) is 11.4. The highest BCUT2D eigenvalue weighted by atomic mass is 79.9. The van der Waals surface area contributed by atoms with Crippen molar-refractivity contribution in [1.29, 1.82) is 0 Å². The van der Waals surface area contributed by atoms with Gasteiger partial charge < -0.3 is 4.74 Å². The molecular formula is C35H54BrClO5. The van der Waals surface area contributed by atoms with E-state index in [-0.39, 0.29) is 57.1 Å². The van der Waals surface area contributed by atoms with Crippen LogP contribution in [0, 0.1) is 32.5 Å². The lowest BCUT2D eigenvalue weighted by molar-refractivity contribution is -0.152. The van der Waals surface area contributed by atoms with E-state index in [1.54, 1.807) is 0 Å². The highest BCUT2D eigenvalue weighted by Gasteiger charge is 2.48. The second kappa shape index (κ2) is 15.0. The third-order valence-electron chi connectivity index (χ3n) is 10.6. The monoisotopic (exact) mass is 668 g/mol. The van der Waals surface area contributed by atoms with Gasteiger partial charge in [-0.1, -0.05) is 128 Å². The SMILES string of the molecule is CC1(C)C=CC[C@]1(C)C(=O)CBr.CC1(C)C=CC[C@]1(C)C(=O)CCl.CCCCC(=O)OCC(=O)[C@@]1(C)CC=CC1(C)C. The maximum atomic E-state index is 12.2. The quantitative estimate of drug-likeness (QED) is 0.132. The lowest BCUT2D eigenvalue weighted by atomic mass is 9.66. The Bertz CT molecular complexity index is 1030. The van der Waals surface area contributed by atoms with E-state index in [0.717, 1.165) is 32.1 Å². The van der Waals surface area contributed by atoms with Gasteiger partial charge in [0, 0.05) is 22.7 Å². The van der Waals surface area contributed by atoms with Crippen LogP contribution in [0.5, 0.6) is 0 Å². The van der Waals surface area contributed by atoms with E-state index in [1.807, 2.05) is 40.7 Å². The minimum Gasteiger partial charge on any atom is -0.458 e. The summed E-state index contributed by atoms with van der Waals surface area (Å²) in [6.07, 6.45) is 17.2. The van der Waals surface area contributed by atoms with Gasteiger partial charge in [-0.25, -0.2) is 0 Å². The van der Waals surface area contributed by atoms with Gasteiger partial charge in [0.2, 0.25) is 0 Å². The Hall–Kier alpha value is -1.53. The number of alkyl halides is 2. The maximum Gasteiger partial charge on any atom is 0.306 e. The topological polar surface area (TPSA) is 77.5 Å². The molecule has 0 fully saturated rings. The molecule has 0 heterocycles. The summed E-state index contributed by atoms with van der Waals surface area (Å²) in [6.45, 7) is 20.4. The van der Waals surface area contributed by atoms with Gasteiger partial charge in [0.05, 0.1) is 11.2 Å². The molecule has 3 aliphatic rings. The first-order valence-electron chi connectivity index (χ1n) is 15.1. The first kappa shape index (κ1) is 38.5. The summed E-state index contributed by atoms with van der Waals surface area (Å²) in [4.78, 5) is 46.9. The van der Waals surface area contributed by atoms with Crippen molar-refractivity contribution >= 4 is 50.8 Å². The van der Waals surface area contributed by atoms with Gasteiger partial charge in [0.15, 0.2) is 18.2 Å². The van der Waals surface area contributed by atoms with Gasteiger partial charge in [-0.2, -0.15) is 0 Å². The predicted molar refractivity (Wildman–Crippen MR) is 177 cm³/mol. The molecule has 0 aromatic carbocycles. The van der Waals surface area contributed by atoms with Crippen molar-refractivity contribution in [3.05, 3.63) is 36.5 Å². The highest BCUT2D eigenvalue weighted by molar-refractivity contribution is 9.09. The van der Waals surface area contributed by atoms with Gasteiger partial charge >= 0.3 is 5.97 Å². The highest BCUT2D eigenvalue weighted by Crippen LogP contribution is 2.50. The number of carbonyl (C=O) groups excluding carboxylic acids is 4.